The maximum atomic E-state index is 12.5. The van der Waals surface area contributed by atoms with E-state index in [1.54, 1.807) is 18.3 Å². The quantitative estimate of drug-likeness (QED) is 0.237. The summed E-state index contributed by atoms with van der Waals surface area (Å²) in [5, 5.41) is 1.14. The van der Waals surface area contributed by atoms with Crippen LogP contribution >= 0.6 is 23.1 Å². The zero-order chi connectivity index (χ0) is 27.6. The highest BCUT2D eigenvalue weighted by atomic mass is 35.5. The lowest BCUT2D eigenvalue weighted by atomic mass is 9.96. The fraction of sp³-hybridized carbons (Fsp3) is 0.308. The molecule has 0 bridgehead atoms. The standard InChI is InChI=1S/C26H23ClF3N3O4S/c1-4-17-16(13-33-11-10-20(33)24(34)37-25(35)26(28,29)30)6-5-7-18(17)22-31-23(38-32-22)15-8-9-21(19(27)12-15)36-14(2)3/h5-12,14,20H,4,13H2,1-3H3. The highest BCUT2D eigenvalue weighted by Gasteiger charge is 2.44. The molecule has 1 aliphatic rings. The van der Waals surface area contributed by atoms with Crippen LogP contribution in [-0.2, 0) is 27.3 Å². The first kappa shape index (κ1) is 27.6. The molecule has 7 nitrogen and oxygen atoms in total. The zero-order valence-electron chi connectivity index (χ0n) is 20.6. The minimum Gasteiger partial charge on any atom is -0.489 e. The summed E-state index contributed by atoms with van der Waals surface area (Å²) >= 11 is 7.61. The van der Waals surface area contributed by atoms with E-state index in [-0.39, 0.29) is 12.6 Å². The van der Waals surface area contributed by atoms with Gasteiger partial charge in [-0.2, -0.15) is 17.5 Å². The van der Waals surface area contributed by atoms with Crippen molar-refractivity contribution in [3.05, 3.63) is 64.8 Å². The van der Waals surface area contributed by atoms with Crippen LogP contribution in [0.5, 0.6) is 5.75 Å². The first-order chi connectivity index (χ1) is 18.0. The van der Waals surface area contributed by atoms with E-state index in [4.69, 9.17) is 21.3 Å². The van der Waals surface area contributed by atoms with Crippen molar-refractivity contribution in [1.29, 1.82) is 0 Å². The Bertz CT molecular complexity index is 1390. The van der Waals surface area contributed by atoms with E-state index in [1.807, 2.05) is 45.0 Å². The number of carbonyl (C=O) groups is 2. The molecule has 0 N–H and O–H groups in total. The second-order valence-electron chi connectivity index (χ2n) is 8.70. The largest absolute Gasteiger partial charge is 0.491 e. The van der Waals surface area contributed by atoms with Gasteiger partial charge >= 0.3 is 18.1 Å². The molecule has 0 fully saturated rings. The monoisotopic (exact) mass is 565 g/mol. The SMILES string of the molecule is CCc1c(CN2C=CC2C(=O)OC(=O)C(F)(F)F)cccc1-c1nsc(-c2ccc(OC(C)C)c(Cl)c2)n1. The number of rotatable bonds is 8. The molecule has 3 aromatic rings. The van der Waals surface area contributed by atoms with Crippen molar-refractivity contribution in [2.75, 3.05) is 0 Å². The summed E-state index contributed by atoms with van der Waals surface area (Å²) in [6.07, 6.45) is -1.70. The maximum absolute atomic E-state index is 12.5. The van der Waals surface area contributed by atoms with Gasteiger partial charge < -0.3 is 14.4 Å². The molecule has 0 spiro atoms. The van der Waals surface area contributed by atoms with Crippen molar-refractivity contribution in [2.45, 2.75) is 52.1 Å². The van der Waals surface area contributed by atoms with E-state index in [9.17, 15) is 22.8 Å². The van der Waals surface area contributed by atoms with Crippen LogP contribution in [0, 0.1) is 0 Å². The Morgan fingerprint density at radius 3 is 2.58 bits per heavy atom. The van der Waals surface area contributed by atoms with Gasteiger partial charge in [0.2, 0.25) is 0 Å². The van der Waals surface area contributed by atoms with E-state index in [0.717, 1.165) is 22.3 Å². The molecular weight excluding hydrogens is 543 g/mol. The van der Waals surface area contributed by atoms with Gasteiger partial charge in [-0.3, -0.25) is 0 Å². The molecule has 1 unspecified atom stereocenters. The Kier molecular flexibility index (Phi) is 8.08. The Morgan fingerprint density at radius 2 is 1.97 bits per heavy atom. The molecule has 0 amide bonds. The summed E-state index contributed by atoms with van der Waals surface area (Å²) in [7, 11) is 0. The molecule has 2 heterocycles. The minimum atomic E-state index is -5.24. The van der Waals surface area contributed by atoms with Crippen LogP contribution in [0.25, 0.3) is 22.0 Å². The van der Waals surface area contributed by atoms with Gasteiger partial charge in [0.1, 0.15) is 16.8 Å². The van der Waals surface area contributed by atoms with Crippen LogP contribution in [0.1, 0.15) is 31.9 Å². The van der Waals surface area contributed by atoms with E-state index < -0.39 is 24.2 Å². The smallest absolute Gasteiger partial charge is 0.489 e. The summed E-state index contributed by atoms with van der Waals surface area (Å²) in [6, 6.07) is 9.92. The van der Waals surface area contributed by atoms with Crippen molar-refractivity contribution >= 4 is 35.1 Å². The summed E-state index contributed by atoms with van der Waals surface area (Å²) in [5.74, 6) is -2.71. The normalized spacial score (nSPS) is 14.9. The molecule has 1 aromatic heterocycles. The summed E-state index contributed by atoms with van der Waals surface area (Å²) in [5.41, 5.74) is 3.36. The molecule has 12 heteroatoms. The summed E-state index contributed by atoms with van der Waals surface area (Å²) in [6.45, 7) is 6.01. The lowest BCUT2D eigenvalue weighted by Crippen LogP contribution is -2.45. The molecule has 1 aliphatic heterocycles. The van der Waals surface area contributed by atoms with Crippen LogP contribution in [0.2, 0.25) is 5.02 Å². The van der Waals surface area contributed by atoms with Crippen LogP contribution < -0.4 is 4.74 Å². The number of halogens is 4. The predicted octanol–water partition coefficient (Wildman–Crippen LogP) is 6.21. The van der Waals surface area contributed by atoms with Crippen molar-refractivity contribution in [3.63, 3.8) is 0 Å². The van der Waals surface area contributed by atoms with Gasteiger partial charge in [-0.25, -0.2) is 14.6 Å². The summed E-state index contributed by atoms with van der Waals surface area (Å²) < 4.78 is 51.6. The first-order valence-corrected chi connectivity index (χ1v) is 12.8. The molecule has 0 saturated carbocycles. The number of esters is 2. The Labute approximate surface area is 226 Å². The molecule has 0 saturated heterocycles. The van der Waals surface area contributed by atoms with Crippen LogP contribution in [0.4, 0.5) is 13.2 Å². The second-order valence-corrected chi connectivity index (χ2v) is 9.86. The van der Waals surface area contributed by atoms with E-state index in [0.29, 0.717) is 28.0 Å². The third-order valence-electron chi connectivity index (χ3n) is 5.67. The minimum absolute atomic E-state index is 0.0127. The number of nitrogens with zero attached hydrogens (tertiary/aromatic N) is 3. The predicted molar refractivity (Wildman–Crippen MR) is 137 cm³/mol. The molecule has 1 atom stereocenters. The number of benzene rings is 2. The van der Waals surface area contributed by atoms with Gasteiger partial charge in [0.05, 0.1) is 11.1 Å². The molecule has 38 heavy (non-hydrogen) atoms. The molecule has 200 valence electrons. The van der Waals surface area contributed by atoms with Gasteiger partial charge in [-0.15, -0.1) is 0 Å². The highest BCUT2D eigenvalue weighted by Crippen LogP contribution is 2.34. The van der Waals surface area contributed by atoms with Gasteiger partial charge in [0.15, 0.2) is 5.82 Å². The molecule has 4 rings (SSSR count). The van der Waals surface area contributed by atoms with Crippen molar-refractivity contribution in [2.24, 2.45) is 0 Å². The average molecular weight is 566 g/mol. The Balaban J connectivity index is 1.53. The molecule has 0 aliphatic carbocycles. The number of carbonyl (C=O) groups excluding carboxylic acids is 2. The van der Waals surface area contributed by atoms with Crippen LogP contribution in [-0.4, -0.2) is 44.5 Å². The highest BCUT2D eigenvalue weighted by molar-refractivity contribution is 7.09. The van der Waals surface area contributed by atoms with Gasteiger partial charge in [0, 0.05) is 17.7 Å². The fourth-order valence-corrected chi connectivity index (χ4v) is 4.81. The van der Waals surface area contributed by atoms with E-state index in [2.05, 4.69) is 9.11 Å². The molecular formula is C26H23ClF3N3O4S. The summed E-state index contributed by atoms with van der Waals surface area (Å²) in [4.78, 5) is 29.3. The molecule has 2 aromatic carbocycles. The van der Waals surface area contributed by atoms with Crippen molar-refractivity contribution in [1.82, 2.24) is 14.3 Å². The maximum Gasteiger partial charge on any atom is 0.491 e. The van der Waals surface area contributed by atoms with E-state index >= 15 is 0 Å². The Hall–Kier alpha value is -3.44. The number of aromatic nitrogens is 2. The first-order valence-electron chi connectivity index (χ1n) is 11.7. The zero-order valence-corrected chi connectivity index (χ0v) is 22.2. The van der Waals surface area contributed by atoms with Gasteiger partial charge in [0.25, 0.3) is 0 Å². The van der Waals surface area contributed by atoms with Gasteiger partial charge in [-0.05, 0) is 73.4 Å². The van der Waals surface area contributed by atoms with Crippen LogP contribution in [0.15, 0.2) is 48.7 Å². The topological polar surface area (TPSA) is 81.6 Å². The fourth-order valence-electron chi connectivity index (χ4n) is 3.91. The third-order valence-corrected chi connectivity index (χ3v) is 6.73. The van der Waals surface area contributed by atoms with Crippen LogP contribution in [0.3, 0.4) is 0 Å². The van der Waals surface area contributed by atoms with Gasteiger partial charge in [-0.1, -0.05) is 36.7 Å². The third kappa shape index (κ3) is 5.99. The van der Waals surface area contributed by atoms with Crippen molar-refractivity contribution in [3.8, 4) is 27.7 Å². The lowest BCUT2D eigenvalue weighted by Gasteiger charge is -2.34. The second kappa shape index (κ2) is 11.1. The Morgan fingerprint density at radius 1 is 1.21 bits per heavy atom. The lowest BCUT2D eigenvalue weighted by molar-refractivity contribution is -0.203. The average Bonchev–Trinajstić information content (AvgIpc) is 3.32. The van der Waals surface area contributed by atoms with Crippen molar-refractivity contribution < 1.29 is 32.2 Å². The number of hydrogen-bond acceptors (Lipinski definition) is 8. The number of ether oxygens (including phenoxy) is 2. The van der Waals surface area contributed by atoms with E-state index in [1.165, 1.54) is 22.5 Å². The number of hydrogen-bond donors (Lipinski definition) is 0. The number of alkyl halides is 3. The molecule has 0 radical (unpaired) electrons.